The zero-order chi connectivity index (χ0) is 18.0. The molecule has 1 amide bonds. The Bertz CT molecular complexity index is 553. The molecule has 25 heavy (non-hydrogen) atoms. The van der Waals surface area contributed by atoms with Crippen LogP contribution in [0.15, 0.2) is 29.3 Å². The predicted molar refractivity (Wildman–Crippen MR) is 107 cm³/mol. The molecule has 1 aromatic rings. The summed E-state index contributed by atoms with van der Waals surface area (Å²) in [4.78, 5) is 15.9. The average molecular weight is 490 g/mol. The Labute approximate surface area is 166 Å². The van der Waals surface area contributed by atoms with Crippen LogP contribution in [0, 0.1) is 0 Å². The normalized spacial score (nSPS) is 11.5. The smallest absolute Gasteiger partial charge is 0.356 e. The third kappa shape index (κ3) is 9.19. The molecule has 0 aliphatic carbocycles. The van der Waals surface area contributed by atoms with Crippen LogP contribution in [0.3, 0.4) is 0 Å². The molecule has 0 unspecified atom stereocenters. The van der Waals surface area contributed by atoms with Gasteiger partial charge in [0.1, 0.15) is 0 Å². The third-order valence-electron chi connectivity index (χ3n) is 3.00. The lowest BCUT2D eigenvalue weighted by Gasteiger charge is -2.12. The number of rotatable bonds is 7. The van der Waals surface area contributed by atoms with Gasteiger partial charge < -0.3 is 16.0 Å². The first-order valence-electron chi connectivity index (χ1n) is 7.27. The van der Waals surface area contributed by atoms with Crippen molar-refractivity contribution in [1.82, 2.24) is 16.0 Å². The van der Waals surface area contributed by atoms with Gasteiger partial charge in [-0.1, -0.05) is 0 Å². The molecular weight excluding hydrogens is 468 g/mol. The topological polar surface area (TPSA) is 65.5 Å². The van der Waals surface area contributed by atoms with Gasteiger partial charge in [-0.15, -0.1) is 24.0 Å². The molecule has 1 aromatic carbocycles. The van der Waals surface area contributed by atoms with Gasteiger partial charge in [-0.3, -0.25) is 9.79 Å². The first-order valence-corrected chi connectivity index (χ1v) is 8.66. The molecule has 142 valence electrons. The van der Waals surface area contributed by atoms with Crippen molar-refractivity contribution in [3.8, 4) is 0 Å². The highest BCUT2D eigenvalue weighted by atomic mass is 127. The number of amides is 1. The van der Waals surface area contributed by atoms with Crippen LogP contribution in [0.5, 0.6) is 0 Å². The molecule has 0 aliphatic heterocycles. The maximum Gasteiger partial charge on any atom is 0.416 e. The number of thioether (sulfide) groups is 1. The van der Waals surface area contributed by atoms with Crippen LogP contribution in [0.1, 0.15) is 15.9 Å². The number of benzene rings is 1. The summed E-state index contributed by atoms with van der Waals surface area (Å²) < 4.78 is 37.4. The first kappa shape index (κ1) is 23.8. The van der Waals surface area contributed by atoms with E-state index in [0.29, 0.717) is 19.0 Å². The summed E-state index contributed by atoms with van der Waals surface area (Å²) in [7, 11) is 1.65. The van der Waals surface area contributed by atoms with Crippen LogP contribution in [0.25, 0.3) is 0 Å². The fraction of sp³-hybridized carbons (Fsp3) is 0.467. The standard InChI is InChI=1S/C15H21F3N4OS.HI/c1-19-14(22-9-10-24-2)21-8-7-20-13(23)11-3-5-12(6-4-11)15(16,17)18;/h3-6H,7-10H2,1-2H3,(H,20,23)(H2,19,21,22);1H. The number of carbonyl (C=O) groups excluding carboxylic acids is 1. The zero-order valence-corrected chi connectivity index (χ0v) is 17.1. The summed E-state index contributed by atoms with van der Waals surface area (Å²) in [6, 6.07) is 4.11. The largest absolute Gasteiger partial charge is 0.416 e. The number of nitrogens with zero attached hydrogens (tertiary/aromatic N) is 1. The van der Waals surface area contributed by atoms with Crippen LogP contribution in [0.4, 0.5) is 13.2 Å². The van der Waals surface area contributed by atoms with Crippen LogP contribution in [0.2, 0.25) is 0 Å². The molecular formula is C15H22F3IN4OS. The van der Waals surface area contributed by atoms with Gasteiger partial charge in [-0.05, 0) is 30.5 Å². The van der Waals surface area contributed by atoms with E-state index in [1.807, 2.05) is 6.26 Å². The number of alkyl halides is 3. The van der Waals surface area contributed by atoms with Crippen LogP contribution in [-0.2, 0) is 6.18 Å². The summed E-state index contributed by atoms with van der Waals surface area (Å²) in [5.74, 6) is 1.16. The Morgan fingerprint density at radius 1 is 1.08 bits per heavy atom. The van der Waals surface area contributed by atoms with E-state index in [1.54, 1.807) is 18.8 Å². The number of guanidine groups is 1. The molecule has 3 N–H and O–H groups in total. The maximum atomic E-state index is 12.5. The van der Waals surface area contributed by atoms with E-state index in [2.05, 4.69) is 20.9 Å². The van der Waals surface area contributed by atoms with Gasteiger partial charge in [0, 0.05) is 38.0 Å². The SMILES string of the molecule is CN=C(NCCNC(=O)c1ccc(C(F)(F)F)cc1)NCCSC.I. The summed E-state index contributed by atoms with van der Waals surface area (Å²) in [5, 5.41) is 8.77. The maximum absolute atomic E-state index is 12.5. The van der Waals surface area contributed by atoms with Crippen molar-refractivity contribution >= 4 is 47.6 Å². The Kier molecular flexibility index (Phi) is 11.7. The quantitative estimate of drug-likeness (QED) is 0.238. The summed E-state index contributed by atoms with van der Waals surface area (Å²) in [5.41, 5.74) is -0.591. The molecule has 5 nitrogen and oxygen atoms in total. The van der Waals surface area contributed by atoms with Crippen molar-refractivity contribution in [3.05, 3.63) is 35.4 Å². The molecule has 0 bridgehead atoms. The van der Waals surface area contributed by atoms with Crippen LogP contribution < -0.4 is 16.0 Å². The van der Waals surface area contributed by atoms with Crippen molar-refractivity contribution in [2.45, 2.75) is 6.18 Å². The van der Waals surface area contributed by atoms with Crippen LogP contribution >= 0.6 is 35.7 Å². The summed E-state index contributed by atoms with van der Waals surface area (Å²) in [6.45, 7) is 1.55. The lowest BCUT2D eigenvalue weighted by atomic mass is 10.1. The van der Waals surface area contributed by atoms with E-state index in [9.17, 15) is 18.0 Å². The van der Waals surface area contributed by atoms with Crippen molar-refractivity contribution in [2.75, 3.05) is 38.7 Å². The minimum Gasteiger partial charge on any atom is -0.356 e. The molecule has 0 saturated heterocycles. The van der Waals surface area contributed by atoms with Gasteiger partial charge in [0.15, 0.2) is 5.96 Å². The highest BCUT2D eigenvalue weighted by Crippen LogP contribution is 2.28. The van der Waals surface area contributed by atoms with Crippen molar-refractivity contribution < 1.29 is 18.0 Å². The second-order valence-corrected chi connectivity index (χ2v) is 5.74. The van der Waals surface area contributed by atoms with Gasteiger partial charge in [0.2, 0.25) is 0 Å². The summed E-state index contributed by atoms with van der Waals surface area (Å²) >= 11 is 1.71. The minimum absolute atomic E-state index is 0. The number of carbonyl (C=O) groups is 1. The van der Waals surface area contributed by atoms with E-state index in [4.69, 9.17) is 0 Å². The van der Waals surface area contributed by atoms with Gasteiger partial charge in [0.05, 0.1) is 5.56 Å². The monoisotopic (exact) mass is 490 g/mol. The highest BCUT2D eigenvalue weighted by molar-refractivity contribution is 14.0. The lowest BCUT2D eigenvalue weighted by Crippen LogP contribution is -2.42. The van der Waals surface area contributed by atoms with Crippen molar-refractivity contribution in [3.63, 3.8) is 0 Å². The molecule has 0 radical (unpaired) electrons. The summed E-state index contributed by atoms with van der Waals surface area (Å²) in [6.07, 6.45) is -2.40. The Morgan fingerprint density at radius 2 is 1.64 bits per heavy atom. The lowest BCUT2D eigenvalue weighted by molar-refractivity contribution is -0.137. The number of hydrogen-bond donors (Lipinski definition) is 3. The third-order valence-corrected chi connectivity index (χ3v) is 3.61. The van der Waals surface area contributed by atoms with Gasteiger partial charge in [-0.25, -0.2) is 0 Å². The van der Waals surface area contributed by atoms with E-state index in [1.165, 1.54) is 0 Å². The number of hydrogen-bond acceptors (Lipinski definition) is 3. The molecule has 10 heteroatoms. The second-order valence-electron chi connectivity index (χ2n) is 4.75. The first-order chi connectivity index (χ1) is 11.4. The zero-order valence-electron chi connectivity index (χ0n) is 13.9. The van der Waals surface area contributed by atoms with E-state index < -0.39 is 17.6 Å². The molecule has 0 heterocycles. The fourth-order valence-electron chi connectivity index (χ4n) is 1.76. The fourth-order valence-corrected chi connectivity index (χ4v) is 2.07. The molecule has 0 aromatic heterocycles. The Hall–Kier alpha value is -1.17. The number of nitrogens with one attached hydrogen (secondary N) is 3. The average Bonchev–Trinajstić information content (AvgIpc) is 2.56. The molecule has 0 fully saturated rings. The van der Waals surface area contributed by atoms with Crippen molar-refractivity contribution in [2.24, 2.45) is 4.99 Å². The number of aliphatic imine (C=N–C) groups is 1. The van der Waals surface area contributed by atoms with Gasteiger partial charge >= 0.3 is 6.18 Å². The molecule has 0 spiro atoms. The van der Waals surface area contributed by atoms with Gasteiger partial charge in [-0.2, -0.15) is 24.9 Å². The molecule has 0 aliphatic rings. The molecule has 1 rings (SSSR count). The van der Waals surface area contributed by atoms with E-state index >= 15 is 0 Å². The van der Waals surface area contributed by atoms with Gasteiger partial charge in [0.25, 0.3) is 5.91 Å². The second kappa shape index (κ2) is 12.2. The number of halogens is 4. The van der Waals surface area contributed by atoms with E-state index in [-0.39, 0.29) is 29.5 Å². The highest BCUT2D eigenvalue weighted by Gasteiger charge is 2.30. The minimum atomic E-state index is -4.40. The Morgan fingerprint density at radius 3 is 2.16 bits per heavy atom. The van der Waals surface area contributed by atoms with Crippen LogP contribution in [-0.4, -0.2) is 50.6 Å². The molecule has 0 saturated carbocycles. The molecule has 0 atom stereocenters. The van der Waals surface area contributed by atoms with Crippen molar-refractivity contribution in [1.29, 1.82) is 0 Å². The van der Waals surface area contributed by atoms with E-state index in [0.717, 1.165) is 36.6 Å². The Balaban J connectivity index is 0.00000576. The predicted octanol–water partition coefficient (Wildman–Crippen LogP) is 2.58.